The minimum absolute atomic E-state index is 0.0262. The summed E-state index contributed by atoms with van der Waals surface area (Å²) in [5, 5.41) is 9.19. The Labute approximate surface area is 127 Å². The molecule has 0 saturated carbocycles. The van der Waals surface area contributed by atoms with Gasteiger partial charge in [0.25, 0.3) is 0 Å². The van der Waals surface area contributed by atoms with Crippen molar-refractivity contribution in [1.29, 1.82) is 5.26 Å². The fourth-order valence-electron chi connectivity index (χ4n) is 1.80. The summed E-state index contributed by atoms with van der Waals surface area (Å²) in [5.41, 5.74) is 0.794. The smallest absolute Gasteiger partial charge is 0.180 e. The van der Waals surface area contributed by atoms with Crippen molar-refractivity contribution < 1.29 is 13.9 Å². The Morgan fingerprint density at radius 2 is 2.00 bits per heavy atom. The Kier molecular flexibility index (Phi) is 5.02. The van der Waals surface area contributed by atoms with Gasteiger partial charge in [0.1, 0.15) is 12.4 Å². The fraction of sp³-hybridized carbons (Fsp3) is 0.188. The van der Waals surface area contributed by atoms with Gasteiger partial charge >= 0.3 is 0 Å². The third kappa shape index (κ3) is 3.65. The second-order valence-corrected chi connectivity index (χ2v) is 4.62. The summed E-state index contributed by atoms with van der Waals surface area (Å²) in [6.45, 7) is 2.24. The molecule has 2 aromatic rings. The number of benzene rings is 2. The number of rotatable bonds is 5. The topological polar surface area (TPSA) is 42.2 Å². The van der Waals surface area contributed by atoms with Crippen molar-refractivity contribution in [2.45, 2.75) is 13.5 Å². The fourth-order valence-corrected chi connectivity index (χ4v) is 2.07. The van der Waals surface area contributed by atoms with Gasteiger partial charge in [0.05, 0.1) is 23.3 Å². The van der Waals surface area contributed by atoms with E-state index >= 15 is 0 Å². The van der Waals surface area contributed by atoms with Crippen molar-refractivity contribution in [2.75, 3.05) is 6.61 Å². The van der Waals surface area contributed by atoms with E-state index in [0.717, 1.165) is 0 Å². The molecule has 5 heteroatoms. The maximum Gasteiger partial charge on any atom is 0.180 e. The molecule has 0 bridgehead atoms. The van der Waals surface area contributed by atoms with Crippen molar-refractivity contribution >= 4 is 11.6 Å². The summed E-state index contributed by atoms with van der Waals surface area (Å²) >= 11 is 6.11. The molecule has 2 rings (SSSR count). The number of hydrogen-bond donors (Lipinski definition) is 0. The number of ether oxygens (including phenoxy) is 2. The molecule has 0 fully saturated rings. The van der Waals surface area contributed by atoms with E-state index in [1.54, 1.807) is 24.3 Å². The molecule has 0 atom stereocenters. The summed E-state index contributed by atoms with van der Waals surface area (Å²) < 4.78 is 24.6. The van der Waals surface area contributed by atoms with Crippen LogP contribution in [0.15, 0.2) is 36.4 Å². The van der Waals surface area contributed by atoms with Crippen LogP contribution in [-0.4, -0.2) is 6.61 Å². The lowest BCUT2D eigenvalue weighted by Crippen LogP contribution is -2.02. The molecule has 0 radical (unpaired) electrons. The minimum Gasteiger partial charge on any atom is -0.490 e. The second kappa shape index (κ2) is 6.96. The summed E-state index contributed by atoms with van der Waals surface area (Å²) in [5.74, 6) is 0.332. The number of halogens is 2. The average Bonchev–Trinajstić information content (AvgIpc) is 2.48. The van der Waals surface area contributed by atoms with Gasteiger partial charge in [-0.25, -0.2) is 4.39 Å². The van der Waals surface area contributed by atoms with Crippen LogP contribution in [-0.2, 0) is 6.61 Å². The molecule has 0 aromatic heterocycles. The first kappa shape index (κ1) is 15.1. The molecule has 108 valence electrons. The van der Waals surface area contributed by atoms with Crippen molar-refractivity contribution in [3.05, 3.63) is 58.4 Å². The van der Waals surface area contributed by atoms with E-state index in [0.29, 0.717) is 29.2 Å². The van der Waals surface area contributed by atoms with Gasteiger partial charge in [-0.05, 0) is 19.1 Å². The molecule has 0 aliphatic rings. The maximum absolute atomic E-state index is 13.6. The first-order chi connectivity index (χ1) is 10.2. The van der Waals surface area contributed by atoms with E-state index in [-0.39, 0.29) is 17.4 Å². The van der Waals surface area contributed by atoms with Gasteiger partial charge in [0.15, 0.2) is 11.5 Å². The Bertz CT molecular complexity index is 682. The maximum atomic E-state index is 13.6. The first-order valence-electron chi connectivity index (χ1n) is 6.38. The molecule has 0 heterocycles. The van der Waals surface area contributed by atoms with E-state index in [4.69, 9.17) is 26.3 Å². The molecular weight excluding hydrogens is 293 g/mol. The highest BCUT2D eigenvalue weighted by atomic mass is 35.5. The molecule has 0 aliphatic heterocycles. The Hall–Kier alpha value is -2.25. The summed E-state index contributed by atoms with van der Waals surface area (Å²) in [6, 6.07) is 11.4. The average molecular weight is 306 g/mol. The zero-order valence-electron chi connectivity index (χ0n) is 11.4. The van der Waals surface area contributed by atoms with Gasteiger partial charge in [0.2, 0.25) is 0 Å². The molecule has 3 nitrogen and oxygen atoms in total. The van der Waals surface area contributed by atoms with E-state index in [1.807, 2.05) is 13.0 Å². The van der Waals surface area contributed by atoms with Crippen LogP contribution in [0.3, 0.4) is 0 Å². The molecule has 0 aliphatic carbocycles. The van der Waals surface area contributed by atoms with E-state index in [9.17, 15) is 4.39 Å². The van der Waals surface area contributed by atoms with Crippen LogP contribution in [0.2, 0.25) is 5.02 Å². The van der Waals surface area contributed by atoms with Gasteiger partial charge in [0, 0.05) is 11.6 Å². The van der Waals surface area contributed by atoms with Crippen LogP contribution in [0, 0.1) is 17.1 Å². The second-order valence-electron chi connectivity index (χ2n) is 4.21. The van der Waals surface area contributed by atoms with Gasteiger partial charge in [-0.2, -0.15) is 5.26 Å². The molecule has 0 N–H and O–H groups in total. The van der Waals surface area contributed by atoms with Gasteiger partial charge in [-0.1, -0.05) is 29.8 Å². The van der Waals surface area contributed by atoms with Gasteiger partial charge in [-0.3, -0.25) is 0 Å². The third-order valence-electron chi connectivity index (χ3n) is 2.77. The predicted octanol–water partition coefficient (Wildman–Crippen LogP) is 4.33. The molecule has 2 aromatic carbocycles. The van der Waals surface area contributed by atoms with Crippen molar-refractivity contribution in [2.24, 2.45) is 0 Å². The largest absolute Gasteiger partial charge is 0.490 e. The lowest BCUT2D eigenvalue weighted by molar-refractivity contribution is 0.266. The number of hydrogen-bond acceptors (Lipinski definition) is 3. The Morgan fingerprint density at radius 1 is 1.24 bits per heavy atom. The van der Waals surface area contributed by atoms with Crippen molar-refractivity contribution in [1.82, 2.24) is 0 Å². The van der Waals surface area contributed by atoms with Gasteiger partial charge < -0.3 is 9.47 Å². The standard InChI is InChI=1S/C16H13ClFNO2/c1-2-20-15-8-11(9-19)7-13(17)16(15)21-10-12-5-3-4-6-14(12)18/h3-8H,2,10H2,1H3. The zero-order chi connectivity index (χ0) is 15.2. The molecule has 0 spiro atoms. The number of nitrogens with zero attached hydrogens (tertiary/aromatic N) is 1. The summed E-state index contributed by atoms with van der Waals surface area (Å²) in [7, 11) is 0. The van der Waals surface area contributed by atoms with Crippen LogP contribution >= 0.6 is 11.6 Å². The first-order valence-corrected chi connectivity index (χ1v) is 6.76. The summed E-state index contributed by atoms with van der Waals surface area (Å²) in [4.78, 5) is 0. The van der Waals surface area contributed by atoms with E-state index in [2.05, 4.69) is 0 Å². The summed E-state index contributed by atoms with van der Waals surface area (Å²) in [6.07, 6.45) is 0. The highest BCUT2D eigenvalue weighted by Crippen LogP contribution is 2.37. The third-order valence-corrected chi connectivity index (χ3v) is 3.05. The molecular formula is C16H13ClFNO2. The van der Waals surface area contributed by atoms with Crippen LogP contribution in [0.25, 0.3) is 0 Å². The van der Waals surface area contributed by atoms with Crippen molar-refractivity contribution in [3.63, 3.8) is 0 Å². The molecule has 0 amide bonds. The van der Waals surface area contributed by atoms with Crippen molar-refractivity contribution in [3.8, 4) is 17.6 Å². The minimum atomic E-state index is -0.347. The van der Waals surface area contributed by atoms with E-state index < -0.39 is 0 Å². The molecule has 0 unspecified atom stereocenters. The van der Waals surface area contributed by atoms with Crippen LogP contribution in [0.1, 0.15) is 18.1 Å². The zero-order valence-corrected chi connectivity index (χ0v) is 12.2. The van der Waals surface area contributed by atoms with Crippen LogP contribution in [0.4, 0.5) is 4.39 Å². The predicted molar refractivity (Wildman–Crippen MR) is 78.1 cm³/mol. The monoisotopic (exact) mass is 305 g/mol. The quantitative estimate of drug-likeness (QED) is 0.825. The lowest BCUT2D eigenvalue weighted by Gasteiger charge is -2.14. The lowest BCUT2D eigenvalue weighted by atomic mass is 10.2. The highest BCUT2D eigenvalue weighted by molar-refractivity contribution is 6.32. The van der Waals surface area contributed by atoms with E-state index in [1.165, 1.54) is 12.1 Å². The Morgan fingerprint density at radius 3 is 2.67 bits per heavy atom. The highest BCUT2D eigenvalue weighted by Gasteiger charge is 2.13. The Balaban J connectivity index is 2.27. The molecule has 21 heavy (non-hydrogen) atoms. The normalized spacial score (nSPS) is 10.0. The van der Waals surface area contributed by atoms with Crippen LogP contribution < -0.4 is 9.47 Å². The SMILES string of the molecule is CCOc1cc(C#N)cc(Cl)c1OCc1ccccc1F. The number of nitriles is 1. The molecule has 0 saturated heterocycles. The van der Waals surface area contributed by atoms with Crippen LogP contribution in [0.5, 0.6) is 11.5 Å². The van der Waals surface area contributed by atoms with Gasteiger partial charge in [-0.15, -0.1) is 0 Å².